The van der Waals surface area contributed by atoms with Gasteiger partial charge in [0.1, 0.15) is 34.3 Å². The molecule has 3 aliphatic rings. The third-order valence-corrected chi connectivity index (χ3v) is 7.11. The van der Waals surface area contributed by atoms with Crippen LogP contribution in [0.15, 0.2) is 12.1 Å². The van der Waals surface area contributed by atoms with E-state index < -0.39 is 11.7 Å². The van der Waals surface area contributed by atoms with Gasteiger partial charge in [0, 0.05) is 38.4 Å². The summed E-state index contributed by atoms with van der Waals surface area (Å²) >= 11 is 6.94. The second-order valence-electron chi connectivity index (χ2n) is 11.0. The minimum atomic E-state index is -0.606. The molecule has 2 fully saturated rings. The number of aromatic nitrogens is 2. The first-order chi connectivity index (χ1) is 18.0. The average Bonchev–Trinajstić information content (AvgIpc) is 3.00. The minimum absolute atomic E-state index is 0.185. The van der Waals surface area contributed by atoms with Crippen LogP contribution in [0.5, 0.6) is 5.75 Å². The van der Waals surface area contributed by atoms with Gasteiger partial charge < -0.3 is 28.9 Å². The molecule has 10 nitrogen and oxygen atoms in total. The third-order valence-electron chi connectivity index (χ3n) is 6.76. The van der Waals surface area contributed by atoms with Crippen molar-refractivity contribution in [2.45, 2.75) is 46.3 Å². The quantitative estimate of drug-likeness (QED) is 0.565. The number of ether oxygens (including phenoxy) is 3. The Morgan fingerprint density at radius 3 is 2.53 bits per heavy atom. The molecule has 0 radical (unpaired) electrons. The van der Waals surface area contributed by atoms with Crippen molar-refractivity contribution in [2.24, 2.45) is 0 Å². The molecule has 0 spiro atoms. The Hall–Kier alpha value is -3.11. The number of pyridine rings is 2. The number of hydrogen-bond acceptors (Lipinski definition) is 8. The van der Waals surface area contributed by atoms with Gasteiger partial charge in [-0.05, 0) is 52.3 Å². The zero-order valence-corrected chi connectivity index (χ0v) is 23.3. The van der Waals surface area contributed by atoms with Crippen LogP contribution in [-0.4, -0.2) is 96.0 Å². The van der Waals surface area contributed by atoms with Gasteiger partial charge >= 0.3 is 6.09 Å². The van der Waals surface area contributed by atoms with E-state index in [2.05, 4.69) is 4.98 Å². The molecule has 0 saturated carbocycles. The number of hydrogen-bond donors (Lipinski definition) is 0. The van der Waals surface area contributed by atoms with E-state index in [0.717, 1.165) is 11.3 Å². The van der Waals surface area contributed by atoms with Crippen LogP contribution >= 0.6 is 11.6 Å². The van der Waals surface area contributed by atoms with E-state index in [1.54, 1.807) is 9.80 Å². The zero-order chi connectivity index (χ0) is 27.2. The molecule has 1 atom stereocenters. The van der Waals surface area contributed by atoms with E-state index in [1.807, 2.05) is 51.7 Å². The molecule has 2 amide bonds. The highest BCUT2D eigenvalue weighted by molar-refractivity contribution is 6.35. The summed E-state index contributed by atoms with van der Waals surface area (Å²) in [4.78, 5) is 41.9. The van der Waals surface area contributed by atoms with Crippen LogP contribution in [0.4, 0.5) is 10.6 Å². The highest BCUT2D eigenvalue weighted by Crippen LogP contribution is 2.43. The Kier molecular flexibility index (Phi) is 7.13. The van der Waals surface area contributed by atoms with Crippen molar-refractivity contribution < 1.29 is 23.8 Å². The Morgan fingerprint density at radius 1 is 1.11 bits per heavy atom. The lowest BCUT2D eigenvalue weighted by atomic mass is 10.1. The van der Waals surface area contributed by atoms with Crippen molar-refractivity contribution in [1.29, 1.82) is 0 Å². The lowest BCUT2D eigenvalue weighted by Crippen LogP contribution is -2.58. The lowest BCUT2D eigenvalue weighted by molar-refractivity contribution is 0.000953. The first kappa shape index (κ1) is 26.5. The Balaban J connectivity index is 1.55. The maximum Gasteiger partial charge on any atom is 0.410 e. The number of aryl methyl sites for hydroxylation is 2. The summed E-state index contributed by atoms with van der Waals surface area (Å²) in [7, 11) is 0. The fraction of sp³-hybridized carbons (Fsp3) is 0.556. The first-order valence-corrected chi connectivity index (χ1v) is 13.3. The van der Waals surface area contributed by atoms with Crippen LogP contribution in [0.1, 0.15) is 42.4 Å². The molecule has 5 rings (SSSR count). The molecule has 0 N–H and O–H groups in total. The predicted octanol–water partition coefficient (Wildman–Crippen LogP) is 3.70. The maximum atomic E-state index is 14.1. The minimum Gasteiger partial charge on any atom is -0.489 e. The number of morpholine rings is 1. The summed E-state index contributed by atoms with van der Waals surface area (Å²) < 4.78 is 17.4. The van der Waals surface area contributed by atoms with Crippen molar-refractivity contribution in [2.75, 3.05) is 57.4 Å². The molecule has 2 aromatic rings. The van der Waals surface area contributed by atoms with Gasteiger partial charge in [0.25, 0.3) is 5.91 Å². The Bertz CT molecular complexity index is 1240. The van der Waals surface area contributed by atoms with Gasteiger partial charge in [0.05, 0.1) is 24.9 Å². The number of nitrogens with zero attached hydrogens (tertiary/aromatic N) is 5. The lowest BCUT2D eigenvalue weighted by Gasteiger charge is -2.40. The van der Waals surface area contributed by atoms with Crippen molar-refractivity contribution in [3.05, 3.63) is 34.0 Å². The van der Waals surface area contributed by atoms with E-state index in [-0.39, 0.29) is 23.6 Å². The molecule has 3 aliphatic heterocycles. The van der Waals surface area contributed by atoms with Gasteiger partial charge in [-0.2, -0.15) is 0 Å². The topological polar surface area (TPSA) is 97.3 Å². The molecular formula is C27H34ClN5O5. The summed E-state index contributed by atoms with van der Waals surface area (Å²) in [5, 5.41) is 0.256. The van der Waals surface area contributed by atoms with Crippen LogP contribution in [0, 0.1) is 13.8 Å². The number of amides is 2. The van der Waals surface area contributed by atoms with Crippen LogP contribution in [0.25, 0.3) is 11.4 Å². The van der Waals surface area contributed by atoms with Gasteiger partial charge in [-0.15, -0.1) is 0 Å². The van der Waals surface area contributed by atoms with Gasteiger partial charge in [0.2, 0.25) is 0 Å². The number of carbonyl (C=O) groups is 2. The number of piperazine rings is 1. The fourth-order valence-electron chi connectivity index (χ4n) is 5.08. The fourth-order valence-corrected chi connectivity index (χ4v) is 5.36. The van der Waals surface area contributed by atoms with E-state index in [0.29, 0.717) is 74.5 Å². The molecule has 38 heavy (non-hydrogen) atoms. The highest BCUT2D eigenvalue weighted by Gasteiger charge is 2.41. The standard InChI is InChI=1S/C27H34ClN5O5/c1-16-12-17(2)29-19(13-16)22-21(28)23-20(24(30-22)31-8-10-36-11-9-31)25(34)33-7-6-32(14-18(33)15-37-23)26(35)38-27(3,4)5/h12-13,18H,6-11,14-15H2,1-5H3/t18-/m1/s1. The number of anilines is 1. The largest absolute Gasteiger partial charge is 0.489 e. The van der Waals surface area contributed by atoms with Crippen LogP contribution < -0.4 is 9.64 Å². The summed E-state index contributed by atoms with van der Waals surface area (Å²) in [6.45, 7) is 12.9. The average molecular weight is 544 g/mol. The van der Waals surface area contributed by atoms with Crippen molar-refractivity contribution in [3.8, 4) is 17.1 Å². The third kappa shape index (κ3) is 5.24. The van der Waals surface area contributed by atoms with Crippen molar-refractivity contribution in [3.63, 3.8) is 0 Å². The number of halogens is 1. The van der Waals surface area contributed by atoms with Gasteiger partial charge in [-0.25, -0.2) is 9.78 Å². The Morgan fingerprint density at radius 2 is 1.84 bits per heavy atom. The summed E-state index contributed by atoms with van der Waals surface area (Å²) in [5.74, 6) is 0.619. The number of fused-ring (bicyclic) bond motifs is 2. The predicted molar refractivity (Wildman–Crippen MR) is 143 cm³/mol. The van der Waals surface area contributed by atoms with E-state index >= 15 is 0 Å². The number of carbonyl (C=O) groups excluding carboxylic acids is 2. The molecule has 0 aromatic carbocycles. The van der Waals surface area contributed by atoms with E-state index in [1.165, 1.54) is 0 Å². The first-order valence-electron chi connectivity index (χ1n) is 13.0. The molecule has 204 valence electrons. The van der Waals surface area contributed by atoms with Crippen molar-refractivity contribution in [1.82, 2.24) is 19.8 Å². The second kappa shape index (κ2) is 10.2. The molecule has 0 aliphatic carbocycles. The molecule has 5 heterocycles. The molecule has 2 aromatic heterocycles. The normalized spacial score (nSPS) is 19.9. The van der Waals surface area contributed by atoms with Gasteiger partial charge in [0.15, 0.2) is 5.75 Å². The SMILES string of the molecule is Cc1cc(C)nc(-c2nc(N3CCOCC3)c3c(c2Cl)OC[C@H]2CN(C(=O)OC(C)(C)C)CCN2C3=O)c1. The highest BCUT2D eigenvalue weighted by atomic mass is 35.5. The number of rotatable bonds is 2. The molecule has 0 unspecified atom stereocenters. The second-order valence-corrected chi connectivity index (χ2v) is 11.3. The zero-order valence-electron chi connectivity index (χ0n) is 22.5. The summed E-state index contributed by atoms with van der Waals surface area (Å²) in [6.07, 6.45) is -0.400. The van der Waals surface area contributed by atoms with E-state index in [4.69, 9.17) is 30.8 Å². The molecular weight excluding hydrogens is 510 g/mol. The van der Waals surface area contributed by atoms with Crippen molar-refractivity contribution >= 4 is 29.4 Å². The van der Waals surface area contributed by atoms with Crippen LogP contribution in [0.2, 0.25) is 5.02 Å². The molecule has 2 saturated heterocycles. The smallest absolute Gasteiger partial charge is 0.410 e. The molecule has 0 bridgehead atoms. The van der Waals surface area contributed by atoms with Crippen LogP contribution in [-0.2, 0) is 9.47 Å². The van der Waals surface area contributed by atoms with Gasteiger partial charge in [-0.1, -0.05) is 11.6 Å². The monoisotopic (exact) mass is 543 g/mol. The maximum absolute atomic E-state index is 14.1. The summed E-state index contributed by atoms with van der Waals surface area (Å²) in [6, 6.07) is 3.56. The van der Waals surface area contributed by atoms with Crippen LogP contribution in [0.3, 0.4) is 0 Å². The Labute approximate surface area is 227 Å². The van der Waals surface area contributed by atoms with Gasteiger partial charge in [-0.3, -0.25) is 9.78 Å². The van der Waals surface area contributed by atoms with E-state index in [9.17, 15) is 9.59 Å². The summed E-state index contributed by atoms with van der Waals surface area (Å²) in [5.41, 5.74) is 2.71. The molecule has 11 heteroatoms.